The monoisotopic (exact) mass is 510 g/mol. The van der Waals surface area contributed by atoms with Crippen molar-refractivity contribution >= 4 is 18.8 Å². The van der Waals surface area contributed by atoms with Gasteiger partial charge in [-0.15, -0.1) is 0 Å². The molecule has 0 bridgehead atoms. The summed E-state index contributed by atoms with van der Waals surface area (Å²) in [5.41, 5.74) is 5.70. The summed E-state index contributed by atoms with van der Waals surface area (Å²) in [6.07, 6.45) is 9.13. The van der Waals surface area contributed by atoms with Crippen LogP contribution >= 0.6 is 0 Å². The Morgan fingerprint density at radius 1 is 0.838 bits per heavy atom. The summed E-state index contributed by atoms with van der Waals surface area (Å²) in [5, 5.41) is 0. The molecule has 4 nitrogen and oxygen atoms in total. The second-order valence-electron chi connectivity index (χ2n) is 12.8. The van der Waals surface area contributed by atoms with E-state index in [0.29, 0.717) is 23.5 Å². The number of quaternary nitrogens is 2. The average Bonchev–Trinajstić information content (AvgIpc) is 3.33. The van der Waals surface area contributed by atoms with Crippen molar-refractivity contribution in [3.05, 3.63) is 76.3 Å². The molecule has 0 saturated carbocycles. The summed E-state index contributed by atoms with van der Waals surface area (Å²) in [5.74, 6) is 0. The molecule has 1 aromatic heterocycles. The largest absolute Gasteiger partial charge is 0.737 e. The van der Waals surface area contributed by atoms with Gasteiger partial charge in [-0.25, -0.2) is 0 Å². The maximum Gasteiger partial charge on any atom is 0.737 e. The second-order valence-corrected chi connectivity index (χ2v) is 12.8. The van der Waals surface area contributed by atoms with E-state index in [9.17, 15) is 0 Å². The van der Waals surface area contributed by atoms with Crippen LogP contribution in [0.2, 0.25) is 0 Å². The minimum atomic E-state index is -4.02. The average molecular weight is 511 g/mol. The minimum Gasteiger partial charge on any atom is -0.394 e. The number of hydrogen-bond acceptors (Lipinski definition) is 0. The van der Waals surface area contributed by atoms with E-state index in [-0.39, 0.29) is 0 Å². The molecule has 4 rings (SSSR count). The molecular weight excluding hydrogens is 465 g/mol. The van der Waals surface area contributed by atoms with Crippen LogP contribution in [-0.2, 0) is 12.8 Å². The van der Waals surface area contributed by atoms with E-state index < -0.39 is 6.97 Å². The standard InChI is InChI=1S/C30H45BF2N4/c1-8-14-27-21-25(17-12-19-36(2,3)4)29-23-30-26(18-13-20-37(5,6)7)22-28(24-15-10-9-11-16-24)35(30)31(32,33)34(27)29/h9-11,15-16,21-23H,8,12-14,17-20H2,1-7H3/q+2. The predicted octanol–water partition coefficient (Wildman–Crippen LogP) is 5.58. The first kappa shape index (κ1) is 27.5. The third-order valence-electron chi connectivity index (χ3n) is 7.42. The molecule has 0 aliphatic carbocycles. The Morgan fingerprint density at radius 2 is 1.46 bits per heavy atom. The summed E-state index contributed by atoms with van der Waals surface area (Å²) in [6, 6.07) is 11.7. The van der Waals surface area contributed by atoms with Crippen molar-refractivity contribution < 1.29 is 22.1 Å². The Balaban J connectivity index is 1.82. The van der Waals surface area contributed by atoms with E-state index in [2.05, 4.69) is 61.4 Å². The fourth-order valence-corrected chi connectivity index (χ4v) is 5.69. The molecule has 0 N–H and O–H groups in total. The van der Waals surface area contributed by atoms with Gasteiger partial charge in [-0.1, -0.05) is 31.5 Å². The number of aryl methyl sites for hydroxylation is 2. The maximum atomic E-state index is 16.7. The number of halogens is 2. The smallest absolute Gasteiger partial charge is 0.394 e. The van der Waals surface area contributed by atoms with Gasteiger partial charge in [0.15, 0.2) is 11.4 Å². The Hall–Kier alpha value is -2.51. The van der Waals surface area contributed by atoms with Crippen LogP contribution < -0.4 is 0 Å². The Kier molecular flexibility index (Phi) is 7.69. The molecule has 0 fully saturated rings. The fraction of sp³-hybridized carbons (Fsp3) is 0.500. The number of aromatic nitrogens is 1. The summed E-state index contributed by atoms with van der Waals surface area (Å²) < 4.78 is 38.0. The van der Waals surface area contributed by atoms with Gasteiger partial charge in [0.2, 0.25) is 0 Å². The van der Waals surface area contributed by atoms with Crippen LogP contribution in [0.15, 0.2) is 53.7 Å². The van der Waals surface area contributed by atoms with Gasteiger partial charge in [0.05, 0.1) is 55.4 Å². The first-order valence-corrected chi connectivity index (χ1v) is 13.8. The molecule has 200 valence electrons. The number of hydrogen-bond donors (Lipinski definition) is 0. The van der Waals surface area contributed by atoms with Gasteiger partial charge in [0, 0.05) is 41.8 Å². The highest BCUT2D eigenvalue weighted by Crippen LogP contribution is 2.40. The molecule has 37 heavy (non-hydrogen) atoms. The van der Waals surface area contributed by atoms with E-state index in [4.69, 9.17) is 0 Å². The van der Waals surface area contributed by atoms with E-state index in [1.54, 1.807) is 0 Å². The number of allylic oxidation sites excluding steroid dienone is 2. The van der Waals surface area contributed by atoms with Crippen LogP contribution in [0.5, 0.6) is 0 Å². The van der Waals surface area contributed by atoms with Crippen molar-refractivity contribution in [1.82, 2.24) is 4.48 Å². The Bertz CT molecular complexity index is 1220. The van der Waals surface area contributed by atoms with E-state index in [1.165, 1.54) is 8.96 Å². The third-order valence-corrected chi connectivity index (χ3v) is 7.42. The summed E-state index contributed by atoms with van der Waals surface area (Å²) >= 11 is 0. The molecule has 0 spiro atoms. The minimum absolute atomic E-state index is 0.616. The van der Waals surface area contributed by atoms with Crippen LogP contribution in [0, 0.1) is 0 Å². The molecule has 2 aliphatic heterocycles. The van der Waals surface area contributed by atoms with Crippen molar-refractivity contribution in [2.24, 2.45) is 0 Å². The molecule has 3 heterocycles. The van der Waals surface area contributed by atoms with Gasteiger partial charge in [-0.3, -0.25) is 0 Å². The zero-order chi connectivity index (χ0) is 27.0. The van der Waals surface area contributed by atoms with Gasteiger partial charge >= 0.3 is 6.97 Å². The van der Waals surface area contributed by atoms with Crippen molar-refractivity contribution in [1.29, 1.82) is 0 Å². The molecule has 0 atom stereocenters. The van der Waals surface area contributed by atoms with Gasteiger partial charge < -0.3 is 26.6 Å². The SMILES string of the molecule is CCCc1cc(CCC[N+](C)(C)C)c2n1[B-](F)(F)[N+]1=C(c3ccccc3)C=C(CCC[N+](C)(C)C)C1=C2. The molecule has 0 amide bonds. The summed E-state index contributed by atoms with van der Waals surface area (Å²) in [6.45, 7) is 0.0587. The normalized spacial score (nSPS) is 17.0. The van der Waals surface area contributed by atoms with Gasteiger partial charge in [0.25, 0.3) is 0 Å². The van der Waals surface area contributed by atoms with Crippen molar-refractivity contribution in [3.63, 3.8) is 0 Å². The molecule has 0 radical (unpaired) electrons. The molecular formula is C30H45BF2N4+2. The first-order chi connectivity index (χ1) is 17.3. The quantitative estimate of drug-likeness (QED) is 0.275. The number of nitrogens with zero attached hydrogens (tertiary/aromatic N) is 4. The lowest BCUT2D eigenvalue weighted by Crippen LogP contribution is -2.51. The number of fused-ring (bicyclic) bond motifs is 2. The lowest BCUT2D eigenvalue weighted by molar-refractivity contribution is -0.870. The zero-order valence-electron chi connectivity index (χ0n) is 23.9. The Labute approximate surface area is 222 Å². The van der Waals surface area contributed by atoms with Crippen LogP contribution in [0.4, 0.5) is 8.63 Å². The zero-order valence-corrected chi connectivity index (χ0v) is 23.9. The topological polar surface area (TPSA) is 7.94 Å². The molecule has 0 unspecified atom stereocenters. The van der Waals surface area contributed by atoms with Crippen molar-refractivity contribution in [2.45, 2.75) is 45.4 Å². The molecule has 2 aliphatic rings. The highest BCUT2D eigenvalue weighted by molar-refractivity contribution is 6.58. The van der Waals surface area contributed by atoms with Crippen molar-refractivity contribution in [2.75, 3.05) is 55.4 Å². The maximum absolute atomic E-state index is 16.7. The van der Waals surface area contributed by atoms with Crippen LogP contribution in [0.25, 0.3) is 6.08 Å². The summed E-state index contributed by atoms with van der Waals surface area (Å²) in [7, 11) is 13.1. The van der Waals surface area contributed by atoms with E-state index >= 15 is 8.63 Å². The van der Waals surface area contributed by atoms with E-state index in [1.807, 2.05) is 36.4 Å². The lowest BCUT2D eigenvalue weighted by Gasteiger charge is -2.32. The van der Waals surface area contributed by atoms with Gasteiger partial charge in [-0.2, -0.15) is 0 Å². The van der Waals surface area contributed by atoms with Crippen LogP contribution in [0.3, 0.4) is 0 Å². The van der Waals surface area contributed by atoms with Crippen molar-refractivity contribution in [3.8, 4) is 0 Å². The molecule has 7 heteroatoms. The van der Waals surface area contributed by atoms with E-state index in [0.717, 1.165) is 76.6 Å². The van der Waals surface area contributed by atoms with Crippen LogP contribution in [-0.4, -0.2) is 86.0 Å². The van der Waals surface area contributed by atoms with Crippen LogP contribution in [0.1, 0.15) is 55.1 Å². The first-order valence-electron chi connectivity index (χ1n) is 13.8. The highest BCUT2D eigenvalue weighted by atomic mass is 19.2. The number of rotatable bonds is 11. The summed E-state index contributed by atoms with van der Waals surface area (Å²) in [4.78, 5) is 0. The third kappa shape index (κ3) is 5.99. The second kappa shape index (κ2) is 10.3. The van der Waals surface area contributed by atoms with Gasteiger partial charge in [-0.05, 0) is 48.7 Å². The lowest BCUT2D eigenvalue weighted by atomic mass is 9.88. The Morgan fingerprint density at radius 3 is 2.05 bits per heavy atom. The number of benzene rings is 1. The molecule has 1 aromatic carbocycles. The predicted molar refractivity (Wildman–Crippen MR) is 152 cm³/mol. The van der Waals surface area contributed by atoms with Gasteiger partial charge in [0.1, 0.15) is 0 Å². The molecule has 2 aromatic rings. The highest BCUT2D eigenvalue weighted by Gasteiger charge is 2.54. The molecule has 0 saturated heterocycles. The fourth-order valence-electron chi connectivity index (χ4n) is 5.69.